The van der Waals surface area contributed by atoms with Crippen molar-refractivity contribution in [3.05, 3.63) is 116 Å². The third kappa shape index (κ3) is 10.3. The number of benzene rings is 3. The molecule has 0 saturated heterocycles. The zero-order valence-corrected chi connectivity index (χ0v) is 34.6. The minimum absolute atomic E-state index is 0.0131. The Hall–Kier alpha value is -5.50. The number of rotatable bonds is 12. The van der Waals surface area contributed by atoms with Gasteiger partial charge in [-0.3, -0.25) is 14.6 Å². The van der Waals surface area contributed by atoms with Gasteiger partial charge < -0.3 is 25.1 Å². The molecule has 12 nitrogen and oxygen atoms in total. The van der Waals surface area contributed by atoms with E-state index in [-0.39, 0.29) is 53.8 Å². The number of halogens is 1. The maximum Gasteiger partial charge on any atom is 0.329 e. The maximum absolute atomic E-state index is 13.7. The molecule has 0 fully saturated rings. The van der Waals surface area contributed by atoms with Gasteiger partial charge >= 0.3 is 5.97 Å². The van der Waals surface area contributed by atoms with Crippen molar-refractivity contribution in [1.29, 1.82) is 0 Å². The molecule has 14 heteroatoms. The van der Waals surface area contributed by atoms with Crippen LogP contribution in [0, 0.1) is 26.6 Å². The number of guanidine groups is 1. The summed E-state index contributed by atoms with van der Waals surface area (Å²) in [5, 5.41) is 2.66. The number of esters is 1. The van der Waals surface area contributed by atoms with Crippen LogP contribution in [0.2, 0.25) is 0 Å². The smallest absolute Gasteiger partial charge is 0.329 e. The number of carbonyl (C=O) groups excluding carboxylic acids is 2. The molecule has 1 atom stereocenters. The van der Waals surface area contributed by atoms with Crippen molar-refractivity contribution < 1.29 is 31.9 Å². The topological polar surface area (TPSA) is 171 Å². The molecule has 1 aliphatic rings. The van der Waals surface area contributed by atoms with Gasteiger partial charge in [-0.2, -0.15) is 0 Å². The van der Waals surface area contributed by atoms with Crippen molar-refractivity contribution in [2.75, 3.05) is 6.54 Å². The third-order valence-electron chi connectivity index (χ3n) is 9.88. The molecule has 2 heterocycles. The predicted molar refractivity (Wildman–Crippen MR) is 218 cm³/mol. The monoisotopic (exact) mass is 801 g/mol. The van der Waals surface area contributed by atoms with E-state index in [9.17, 15) is 27.2 Å². The lowest BCUT2D eigenvalue weighted by atomic mass is 9.88. The highest BCUT2D eigenvalue weighted by molar-refractivity contribution is 7.90. The summed E-state index contributed by atoms with van der Waals surface area (Å²) in [5.41, 5.74) is 9.20. The first-order valence-electron chi connectivity index (χ1n) is 18.9. The van der Waals surface area contributed by atoms with Crippen LogP contribution in [-0.4, -0.2) is 54.6 Å². The van der Waals surface area contributed by atoms with Gasteiger partial charge in [-0.15, -0.1) is 0 Å². The number of amides is 1. The second-order valence-electron chi connectivity index (χ2n) is 16.0. The van der Waals surface area contributed by atoms with Crippen LogP contribution in [0.3, 0.4) is 0 Å². The highest BCUT2D eigenvalue weighted by Gasteiger charge is 2.34. The number of fused-ring (bicyclic) bond motifs is 1. The summed E-state index contributed by atoms with van der Waals surface area (Å²) in [5.74, 6) is -1.45. The molecule has 5 rings (SSSR count). The number of pyridine rings is 1. The van der Waals surface area contributed by atoms with Crippen LogP contribution in [0.25, 0.3) is 11.1 Å². The second kappa shape index (κ2) is 16.9. The average Bonchev–Trinajstić information content (AvgIpc) is 3.12. The lowest BCUT2D eigenvalue weighted by Crippen LogP contribution is -2.46. The number of nitrogens with one attached hydrogen (secondary N) is 2. The first kappa shape index (κ1) is 42.6. The maximum atomic E-state index is 13.7. The Kier molecular flexibility index (Phi) is 12.7. The van der Waals surface area contributed by atoms with E-state index in [2.05, 4.69) is 15.0 Å². The number of nitrogens with two attached hydrogens (primary N) is 1. The van der Waals surface area contributed by atoms with Gasteiger partial charge in [0.25, 0.3) is 21.5 Å². The van der Waals surface area contributed by atoms with Gasteiger partial charge in [0.2, 0.25) is 5.96 Å². The zero-order valence-electron chi connectivity index (χ0n) is 33.8. The SMILES string of the molecule is Cc1c(C)c(S(=O)(=O)NC(N)=NCCC[C@H](NC(=O)c2cccn(Cc3ccccc3-c3ccc(F)cc3)c2=O)C(=O)OC(C)(C)C)c(C)c2c1OC(C)(C)CC2. The lowest BCUT2D eigenvalue weighted by Gasteiger charge is -2.35. The van der Waals surface area contributed by atoms with E-state index < -0.39 is 39.1 Å². The van der Waals surface area contributed by atoms with E-state index >= 15 is 0 Å². The Labute approximate surface area is 333 Å². The van der Waals surface area contributed by atoms with Gasteiger partial charge in [-0.1, -0.05) is 36.4 Å². The summed E-state index contributed by atoms with van der Waals surface area (Å²) in [6.45, 7) is 14.6. The van der Waals surface area contributed by atoms with E-state index in [1.165, 1.54) is 22.8 Å². The van der Waals surface area contributed by atoms with Gasteiger partial charge in [-0.25, -0.2) is 22.3 Å². The van der Waals surface area contributed by atoms with Crippen LogP contribution in [0.5, 0.6) is 5.75 Å². The molecule has 0 aliphatic carbocycles. The van der Waals surface area contributed by atoms with E-state index in [1.807, 2.05) is 45.0 Å². The van der Waals surface area contributed by atoms with Crippen LogP contribution >= 0.6 is 0 Å². The van der Waals surface area contributed by atoms with Crippen molar-refractivity contribution in [1.82, 2.24) is 14.6 Å². The van der Waals surface area contributed by atoms with E-state index in [4.69, 9.17) is 15.2 Å². The third-order valence-corrected chi connectivity index (χ3v) is 11.5. The van der Waals surface area contributed by atoms with Gasteiger partial charge in [-0.05, 0) is 144 Å². The predicted octanol–water partition coefficient (Wildman–Crippen LogP) is 6.25. The summed E-state index contributed by atoms with van der Waals surface area (Å²) < 4.78 is 56.5. The number of aliphatic imine (C=N–C) groups is 1. The molecule has 304 valence electrons. The molecule has 0 spiro atoms. The molecule has 0 saturated carbocycles. The van der Waals surface area contributed by atoms with Crippen LogP contribution in [0.1, 0.15) is 92.1 Å². The molecular formula is C43H52FN5O7S. The first-order chi connectivity index (χ1) is 26.7. The lowest BCUT2D eigenvalue weighted by molar-refractivity contribution is -0.157. The fraction of sp³-hybridized carbons (Fsp3) is 0.395. The quantitative estimate of drug-likeness (QED) is 0.0654. The molecule has 1 amide bonds. The molecule has 0 unspecified atom stereocenters. The van der Waals surface area contributed by atoms with E-state index in [1.54, 1.807) is 59.0 Å². The molecule has 0 bridgehead atoms. The summed E-state index contributed by atoms with van der Waals surface area (Å²) in [7, 11) is -4.12. The number of aromatic nitrogens is 1. The first-order valence-corrected chi connectivity index (χ1v) is 20.4. The molecule has 0 radical (unpaired) electrons. The van der Waals surface area contributed by atoms with Crippen molar-refractivity contribution in [2.45, 2.75) is 110 Å². The standard InChI is InChI=1S/C43H52FN5O7S/c1-26-27(2)37(28(3)32-21-22-43(7,8)55-36(26)32)57(53,54)48-41(45)46-23-11-16-35(40(52)56-42(4,5)6)47-38(50)34-15-12-24-49(39(34)51)25-30-13-9-10-14-33(30)29-17-19-31(44)20-18-29/h9-10,12-15,17-20,24,35H,11,16,21-23,25H2,1-8H3,(H,47,50)(H3,45,46,48)/t35-/m0/s1. The summed E-state index contributed by atoms with van der Waals surface area (Å²) in [6.07, 6.45) is 3.23. The van der Waals surface area contributed by atoms with Crippen LogP contribution < -0.4 is 26.1 Å². The Morgan fingerprint density at radius 2 is 1.70 bits per heavy atom. The minimum atomic E-state index is -4.12. The van der Waals surface area contributed by atoms with Gasteiger partial charge in [0, 0.05) is 12.7 Å². The number of hydrogen-bond donors (Lipinski definition) is 3. The summed E-state index contributed by atoms with van der Waals surface area (Å²) in [4.78, 5) is 44.9. The number of nitrogens with zero attached hydrogens (tertiary/aromatic N) is 2. The Bertz CT molecular complexity index is 2360. The Morgan fingerprint density at radius 1 is 1.02 bits per heavy atom. The Morgan fingerprint density at radius 3 is 2.39 bits per heavy atom. The Balaban J connectivity index is 1.29. The van der Waals surface area contributed by atoms with Crippen LogP contribution in [0.4, 0.5) is 4.39 Å². The zero-order chi connectivity index (χ0) is 41.9. The molecule has 4 aromatic rings. The second-order valence-corrected chi connectivity index (χ2v) is 17.6. The molecule has 4 N–H and O–H groups in total. The number of carbonyl (C=O) groups is 2. The average molecular weight is 802 g/mol. The molecular weight excluding hydrogens is 750 g/mol. The van der Waals surface area contributed by atoms with Crippen molar-refractivity contribution in [3.8, 4) is 16.9 Å². The number of sulfonamides is 1. The highest BCUT2D eigenvalue weighted by atomic mass is 32.2. The van der Waals surface area contributed by atoms with Crippen molar-refractivity contribution >= 4 is 27.9 Å². The summed E-state index contributed by atoms with van der Waals surface area (Å²) in [6, 6.07) is 15.2. The molecule has 1 aliphatic heterocycles. The van der Waals surface area contributed by atoms with E-state index in [0.29, 0.717) is 17.5 Å². The highest BCUT2D eigenvalue weighted by Crippen LogP contribution is 2.42. The summed E-state index contributed by atoms with van der Waals surface area (Å²) >= 11 is 0. The molecule has 57 heavy (non-hydrogen) atoms. The van der Waals surface area contributed by atoms with Crippen LogP contribution in [0.15, 0.2) is 81.5 Å². The van der Waals surface area contributed by atoms with Crippen molar-refractivity contribution in [2.24, 2.45) is 10.7 Å². The molecule has 3 aromatic carbocycles. The van der Waals surface area contributed by atoms with Crippen molar-refractivity contribution in [3.63, 3.8) is 0 Å². The number of ether oxygens (including phenoxy) is 2. The van der Waals surface area contributed by atoms with E-state index in [0.717, 1.165) is 40.0 Å². The minimum Gasteiger partial charge on any atom is -0.487 e. The fourth-order valence-corrected chi connectivity index (χ4v) is 8.44. The fourth-order valence-electron chi connectivity index (χ4n) is 6.91. The van der Waals surface area contributed by atoms with Gasteiger partial charge in [0.05, 0.1) is 11.4 Å². The van der Waals surface area contributed by atoms with Gasteiger partial charge in [0.1, 0.15) is 34.4 Å². The normalized spacial score (nSPS) is 14.6. The largest absolute Gasteiger partial charge is 0.487 e. The number of hydrogen-bond acceptors (Lipinski definition) is 8. The molecule has 1 aromatic heterocycles. The van der Waals surface area contributed by atoms with Gasteiger partial charge in [0.15, 0.2) is 0 Å². The van der Waals surface area contributed by atoms with Crippen LogP contribution in [-0.2, 0) is 32.5 Å².